The number of nitrogens with zero attached hydrogens (tertiary/aromatic N) is 1. The van der Waals surface area contributed by atoms with E-state index in [0.29, 0.717) is 19.0 Å². The van der Waals surface area contributed by atoms with Crippen LogP contribution < -0.4 is 9.47 Å². The summed E-state index contributed by atoms with van der Waals surface area (Å²) in [4.78, 5) is 5.25. The van der Waals surface area contributed by atoms with E-state index in [1.54, 1.807) is 0 Å². The van der Waals surface area contributed by atoms with Crippen molar-refractivity contribution in [3.8, 4) is 11.5 Å². The number of aliphatic hydroxyl groups excluding tert-OH is 1. The smallest absolute Gasteiger partial charge is 0.161 e. The van der Waals surface area contributed by atoms with Crippen LogP contribution >= 0.6 is 11.3 Å². The molecule has 2 heterocycles. The van der Waals surface area contributed by atoms with Gasteiger partial charge in [0.05, 0.1) is 28.8 Å². The normalized spacial score (nSPS) is 15.8. The quantitative estimate of drug-likeness (QED) is 0.924. The minimum Gasteiger partial charge on any atom is -0.490 e. The van der Waals surface area contributed by atoms with Gasteiger partial charge in [0.2, 0.25) is 0 Å². The van der Waals surface area contributed by atoms with Gasteiger partial charge < -0.3 is 14.6 Å². The molecule has 5 heteroatoms. The molecule has 0 saturated carbocycles. The molecule has 0 bridgehead atoms. The summed E-state index contributed by atoms with van der Waals surface area (Å²) in [6.45, 7) is 5.18. The van der Waals surface area contributed by atoms with Crippen LogP contribution in [0.4, 0.5) is 0 Å². The van der Waals surface area contributed by atoms with Crippen molar-refractivity contribution in [3.05, 3.63) is 39.3 Å². The Kier molecular flexibility index (Phi) is 3.63. The molecule has 2 aromatic rings. The largest absolute Gasteiger partial charge is 0.490 e. The molecular weight excluding hydrogens is 274 g/mol. The summed E-state index contributed by atoms with van der Waals surface area (Å²) in [5.41, 5.74) is 1.69. The highest BCUT2D eigenvalue weighted by Crippen LogP contribution is 2.36. The summed E-state index contributed by atoms with van der Waals surface area (Å²) in [6, 6.07) is 5.61. The minimum absolute atomic E-state index is 0.644. The van der Waals surface area contributed by atoms with Gasteiger partial charge in [-0.2, -0.15) is 0 Å². The standard InChI is InChI=1S/C15H17NO3S/c1-9-15(20-10(2)16-9)14(17)11-4-5-12-13(8-11)19-7-3-6-18-12/h4-5,8,14,17H,3,6-7H2,1-2H3. The zero-order valence-electron chi connectivity index (χ0n) is 11.5. The van der Waals surface area contributed by atoms with Crippen LogP contribution in [0.1, 0.15) is 33.7 Å². The van der Waals surface area contributed by atoms with Gasteiger partial charge in [-0.05, 0) is 31.5 Å². The first kappa shape index (κ1) is 13.4. The van der Waals surface area contributed by atoms with Crippen LogP contribution in [0.5, 0.6) is 11.5 Å². The van der Waals surface area contributed by atoms with E-state index in [1.807, 2.05) is 32.0 Å². The fourth-order valence-corrected chi connectivity index (χ4v) is 3.24. The average molecular weight is 291 g/mol. The molecule has 0 amide bonds. The first-order valence-corrected chi connectivity index (χ1v) is 7.48. The van der Waals surface area contributed by atoms with E-state index < -0.39 is 6.10 Å². The highest BCUT2D eigenvalue weighted by atomic mass is 32.1. The fourth-order valence-electron chi connectivity index (χ4n) is 2.30. The monoisotopic (exact) mass is 291 g/mol. The third-order valence-corrected chi connectivity index (χ3v) is 4.40. The molecule has 0 fully saturated rings. The Bertz CT molecular complexity index is 624. The number of hydrogen-bond donors (Lipinski definition) is 1. The van der Waals surface area contributed by atoms with Crippen LogP contribution in [0.3, 0.4) is 0 Å². The molecule has 106 valence electrons. The van der Waals surface area contributed by atoms with Crippen molar-refractivity contribution in [1.29, 1.82) is 0 Å². The zero-order chi connectivity index (χ0) is 14.1. The van der Waals surface area contributed by atoms with Gasteiger partial charge in [0.15, 0.2) is 11.5 Å². The number of rotatable bonds is 2. The van der Waals surface area contributed by atoms with Crippen molar-refractivity contribution in [1.82, 2.24) is 4.98 Å². The van der Waals surface area contributed by atoms with E-state index in [-0.39, 0.29) is 0 Å². The van der Waals surface area contributed by atoms with Gasteiger partial charge in [-0.3, -0.25) is 0 Å². The number of aromatic nitrogens is 1. The van der Waals surface area contributed by atoms with Crippen molar-refractivity contribution in [3.63, 3.8) is 0 Å². The molecule has 1 unspecified atom stereocenters. The van der Waals surface area contributed by atoms with Crippen molar-refractivity contribution < 1.29 is 14.6 Å². The van der Waals surface area contributed by atoms with Gasteiger partial charge in [-0.25, -0.2) is 4.98 Å². The van der Waals surface area contributed by atoms with E-state index in [0.717, 1.165) is 33.3 Å². The van der Waals surface area contributed by atoms with E-state index in [2.05, 4.69) is 4.98 Å². The number of fused-ring (bicyclic) bond motifs is 1. The number of ether oxygens (including phenoxy) is 2. The first-order valence-electron chi connectivity index (χ1n) is 6.66. The van der Waals surface area contributed by atoms with Gasteiger partial charge >= 0.3 is 0 Å². The van der Waals surface area contributed by atoms with Crippen LogP contribution in [0, 0.1) is 13.8 Å². The minimum atomic E-state index is -0.668. The molecule has 4 nitrogen and oxygen atoms in total. The highest BCUT2D eigenvalue weighted by Gasteiger charge is 2.19. The molecule has 3 rings (SSSR count). The van der Waals surface area contributed by atoms with E-state index in [4.69, 9.17) is 9.47 Å². The summed E-state index contributed by atoms with van der Waals surface area (Å²) >= 11 is 1.53. The lowest BCUT2D eigenvalue weighted by Crippen LogP contribution is -2.01. The second kappa shape index (κ2) is 5.42. The Morgan fingerprint density at radius 1 is 1.20 bits per heavy atom. The van der Waals surface area contributed by atoms with Crippen LogP contribution in [0.25, 0.3) is 0 Å². The molecule has 1 aromatic carbocycles. The number of aryl methyl sites for hydroxylation is 2. The number of hydrogen-bond acceptors (Lipinski definition) is 5. The molecule has 0 radical (unpaired) electrons. The first-order chi connectivity index (χ1) is 9.65. The van der Waals surface area contributed by atoms with Crippen LogP contribution in [-0.4, -0.2) is 23.3 Å². The third kappa shape index (κ3) is 2.51. The van der Waals surface area contributed by atoms with Crippen molar-refractivity contribution >= 4 is 11.3 Å². The van der Waals surface area contributed by atoms with Crippen molar-refractivity contribution in [2.24, 2.45) is 0 Å². The van der Waals surface area contributed by atoms with Crippen LogP contribution in [0.2, 0.25) is 0 Å². The fraction of sp³-hybridized carbons (Fsp3) is 0.400. The predicted octanol–water partition coefficient (Wildman–Crippen LogP) is 3.00. The lowest BCUT2D eigenvalue weighted by atomic mass is 10.1. The molecule has 20 heavy (non-hydrogen) atoms. The Hall–Kier alpha value is -1.59. The maximum Gasteiger partial charge on any atom is 0.161 e. The lowest BCUT2D eigenvalue weighted by Gasteiger charge is -2.13. The molecule has 0 spiro atoms. The summed E-state index contributed by atoms with van der Waals surface area (Å²) < 4.78 is 11.3. The molecule has 1 N–H and O–H groups in total. The maximum atomic E-state index is 10.5. The highest BCUT2D eigenvalue weighted by molar-refractivity contribution is 7.11. The number of benzene rings is 1. The summed E-state index contributed by atoms with van der Waals surface area (Å²) in [5, 5.41) is 11.5. The van der Waals surface area contributed by atoms with Gasteiger partial charge in [0.1, 0.15) is 6.10 Å². The van der Waals surface area contributed by atoms with Crippen molar-refractivity contribution in [2.45, 2.75) is 26.4 Å². The predicted molar refractivity (Wildman–Crippen MR) is 77.7 cm³/mol. The number of thiazole rings is 1. The summed E-state index contributed by atoms with van der Waals surface area (Å²) in [6.07, 6.45) is 0.207. The molecule has 1 aliphatic rings. The third-order valence-electron chi connectivity index (χ3n) is 3.28. The molecule has 1 aromatic heterocycles. The maximum absolute atomic E-state index is 10.5. The van der Waals surface area contributed by atoms with Gasteiger partial charge in [-0.1, -0.05) is 6.07 Å². The topological polar surface area (TPSA) is 51.6 Å². The number of aliphatic hydroxyl groups is 1. The Morgan fingerprint density at radius 2 is 1.95 bits per heavy atom. The molecule has 1 aliphatic heterocycles. The van der Waals surface area contributed by atoms with Gasteiger partial charge in [-0.15, -0.1) is 11.3 Å². The zero-order valence-corrected chi connectivity index (χ0v) is 12.4. The lowest BCUT2D eigenvalue weighted by molar-refractivity contribution is 0.222. The average Bonchev–Trinajstić information content (AvgIpc) is 2.65. The Morgan fingerprint density at radius 3 is 2.65 bits per heavy atom. The Labute approximate surface area is 122 Å². The van der Waals surface area contributed by atoms with E-state index in [9.17, 15) is 5.11 Å². The summed E-state index contributed by atoms with van der Waals surface area (Å²) in [7, 11) is 0. The SMILES string of the molecule is Cc1nc(C)c(C(O)c2ccc3c(c2)OCCCO3)s1. The summed E-state index contributed by atoms with van der Waals surface area (Å²) in [5.74, 6) is 1.45. The van der Waals surface area contributed by atoms with Crippen LogP contribution in [0.15, 0.2) is 18.2 Å². The molecule has 0 saturated heterocycles. The van der Waals surface area contributed by atoms with Gasteiger partial charge in [0.25, 0.3) is 0 Å². The molecule has 0 aliphatic carbocycles. The van der Waals surface area contributed by atoms with Crippen molar-refractivity contribution in [2.75, 3.05) is 13.2 Å². The van der Waals surface area contributed by atoms with Crippen LogP contribution in [-0.2, 0) is 0 Å². The van der Waals surface area contributed by atoms with E-state index >= 15 is 0 Å². The second-order valence-corrected chi connectivity index (χ2v) is 6.08. The van der Waals surface area contributed by atoms with E-state index in [1.165, 1.54) is 11.3 Å². The molecule has 1 atom stereocenters. The Balaban J connectivity index is 1.94. The second-order valence-electron chi connectivity index (χ2n) is 4.84. The molecular formula is C15H17NO3S. The van der Waals surface area contributed by atoms with Gasteiger partial charge in [0, 0.05) is 6.42 Å².